The van der Waals surface area contributed by atoms with Crippen LogP contribution in [0.4, 0.5) is 0 Å². The summed E-state index contributed by atoms with van der Waals surface area (Å²) in [4.78, 5) is 2.27. The molecule has 2 N–H and O–H groups in total. The van der Waals surface area contributed by atoms with Crippen LogP contribution in [0.1, 0.15) is 42.4 Å². The fraction of sp³-hybridized carbons (Fsp3) is 0.462. The van der Waals surface area contributed by atoms with Crippen LogP contribution in [0.2, 0.25) is 0 Å². The standard InChI is InChI=1S/C26H32N2O4S/c1-20(30)9-10-21-11-13-23(14-12-21)26-24-17-27(15-5-6-16-28(24)25(26)18-29)33(31,32)19-22-7-3-2-4-8-22/h2-4,7-8,11-14,20,24-26,29-30H,5-6,15-19H2,1H3/t20-,24-,25+,26+/m0/s1. The van der Waals surface area contributed by atoms with Crippen LogP contribution in [0.15, 0.2) is 54.6 Å². The molecule has 0 aliphatic carbocycles. The highest BCUT2D eigenvalue weighted by atomic mass is 32.2. The van der Waals surface area contributed by atoms with Crippen molar-refractivity contribution in [1.82, 2.24) is 9.21 Å². The van der Waals surface area contributed by atoms with Gasteiger partial charge in [0.15, 0.2) is 0 Å². The average molecular weight is 469 g/mol. The molecule has 2 aliphatic rings. The predicted octanol–water partition coefficient (Wildman–Crippen LogP) is 2.17. The van der Waals surface area contributed by atoms with E-state index in [1.54, 1.807) is 11.2 Å². The smallest absolute Gasteiger partial charge is 0.218 e. The van der Waals surface area contributed by atoms with Crippen molar-refractivity contribution in [3.05, 3.63) is 71.3 Å². The second-order valence-corrected chi connectivity index (χ2v) is 10.9. The second kappa shape index (κ2) is 10.4. The van der Waals surface area contributed by atoms with Crippen molar-refractivity contribution in [3.63, 3.8) is 0 Å². The summed E-state index contributed by atoms with van der Waals surface area (Å²) in [5.41, 5.74) is 2.70. The largest absolute Gasteiger partial charge is 0.395 e. The number of aliphatic hydroxyl groups excluding tert-OH is 2. The molecule has 2 aromatic rings. The third-order valence-electron chi connectivity index (χ3n) is 6.64. The summed E-state index contributed by atoms with van der Waals surface area (Å²) in [5.74, 6) is 5.76. The van der Waals surface area contributed by atoms with Crippen LogP contribution < -0.4 is 0 Å². The lowest BCUT2D eigenvalue weighted by molar-refractivity contribution is -0.0554. The normalized spacial score (nSPS) is 25.0. The van der Waals surface area contributed by atoms with Crippen LogP contribution in [0.3, 0.4) is 0 Å². The van der Waals surface area contributed by atoms with E-state index in [0.717, 1.165) is 36.1 Å². The van der Waals surface area contributed by atoms with Crippen molar-refractivity contribution in [2.24, 2.45) is 0 Å². The first-order chi connectivity index (χ1) is 15.9. The van der Waals surface area contributed by atoms with Crippen LogP contribution in [-0.2, 0) is 15.8 Å². The van der Waals surface area contributed by atoms with E-state index >= 15 is 0 Å². The number of rotatable bonds is 5. The molecule has 2 aliphatic heterocycles. The molecular weight excluding hydrogens is 436 g/mol. The van der Waals surface area contributed by atoms with Gasteiger partial charge in [-0.25, -0.2) is 12.7 Å². The van der Waals surface area contributed by atoms with E-state index < -0.39 is 16.1 Å². The minimum atomic E-state index is -3.45. The zero-order valence-corrected chi connectivity index (χ0v) is 19.8. The molecule has 33 heavy (non-hydrogen) atoms. The maximum atomic E-state index is 13.3. The molecule has 0 unspecified atom stereocenters. The van der Waals surface area contributed by atoms with Crippen LogP contribution in [-0.4, -0.2) is 72.3 Å². The molecule has 0 radical (unpaired) electrons. The first-order valence-electron chi connectivity index (χ1n) is 11.6. The maximum Gasteiger partial charge on any atom is 0.218 e. The SMILES string of the molecule is C[C@H](O)C#Cc1ccc([C@H]2[C@@H](CO)N3CCCCN(S(=O)(=O)Cc4ccccc4)C[C@@H]23)cc1. The topological polar surface area (TPSA) is 81.1 Å². The number of benzene rings is 2. The van der Waals surface area contributed by atoms with Crippen LogP contribution in [0, 0.1) is 11.8 Å². The van der Waals surface area contributed by atoms with Crippen LogP contribution in [0.5, 0.6) is 0 Å². The molecule has 0 aromatic heterocycles. The Morgan fingerprint density at radius 1 is 1.06 bits per heavy atom. The summed E-state index contributed by atoms with van der Waals surface area (Å²) < 4.78 is 28.2. The highest BCUT2D eigenvalue weighted by Crippen LogP contribution is 2.42. The van der Waals surface area contributed by atoms with Gasteiger partial charge >= 0.3 is 0 Å². The van der Waals surface area contributed by atoms with Crippen molar-refractivity contribution in [3.8, 4) is 11.8 Å². The Hall–Kier alpha value is -2.21. The molecule has 2 fully saturated rings. The van der Waals surface area contributed by atoms with Crippen molar-refractivity contribution >= 4 is 10.0 Å². The first-order valence-corrected chi connectivity index (χ1v) is 13.2. The summed E-state index contributed by atoms with van der Waals surface area (Å²) in [7, 11) is -3.45. The van der Waals surface area contributed by atoms with Gasteiger partial charge in [0.1, 0.15) is 6.10 Å². The Morgan fingerprint density at radius 2 is 1.76 bits per heavy atom. The number of hydrogen-bond acceptors (Lipinski definition) is 5. The number of fused-ring (bicyclic) bond motifs is 1. The Labute approximate surface area is 196 Å². The van der Waals surface area contributed by atoms with Crippen molar-refractivity contribution in [2.75, 3.05) is 26.2 Å². The van der Waals surface area contributed by atoms with Crippen LogP contribution in [0.25, 0.3) is 0 Å². The molecule has 4 rings (SSSR count). The molecule has 2 saturated heterocycles. The van der Waals surface area contributed by atoms with Crippen LogP contribution >= 0.6 is 0 Å². The minimum Gasteiger partial charge on any atom is -0.395 e. The van der Waals surface area contributed by atoms with Gasteiger partial charge in [-0.2, -0.15) is 0 Å². The summed E-state index contributed by atoms with van der Waals surface area (Å²) in [6, 6.07) is 17.2. The summed E-state index contributed by atoms with van der Waals surface area (Å²) in [6.45, 7) is 3.50. The molecule has 0 bridgehead atoms. The van der Waals surface area contributed by atoms with E-state index in [1.807, 2.05) is 54.6 Å². The third kappa shape index (κ3) is 5.48. The van der Waals surface area contributed by atoms with Crippen molar-refractivity contribution in [2.45, 2.75) is 49.6 Å². The van der Waals surface area contributed by atoms with E-state index in [9.17, 15) is 18.6 Å². The van der Waals surface area contributed by atoms with E-state index in [-0.39, 0.29) is 30.4 Å². The number of sulfonamides is 1. The molecule has 176 valence electrons. The molecule has 0 spiro atoms. The van der Waals surface area contributed by atoms with Gasteiger partial charge in [0.25, 0.3) is 0 Å². The first kappa shape index (κ1) is 23.9. The second-order valence-electron chi connectivity index (χ2n) is 8.96. The lowest BCUT2D eigenvalue weighted by atomic mass is 9.74. The van der Waals surface area contributed by atoms with E-state index in [1.165, 1.54) is 0 Å². The molecule has 2 aromatic carbocycles. The number of nitrogens with zero attached hydrogens (tertiary/aromatic N) is 2. The minimum absolute atomic E-state index is 0.00526. The highest BCUT2D eigenvalue weighted by molar-refractivity contribution is 7.88. The monoisotopic (exact) mass is 468 g/mol. The molecular formula is C26H32N2O4S. The van der Waals surface area contributed by atoms with Crippen molar-refractivity contribution in [1.29, 1.82) is 0 Å². The van der Waals surface area contributed by atoms with Gasteiger partial charge in [-0.05, 0) is 49.6 Å². The van der Waals surface area contributed by atoms with Gasteiger partial charge in [-0.1, -0.05) is 54.3 Å². The summed E-state index contributed by atoms with van der Waals surface area (Å²) in [6.07, 6.45) is 1.05. The molecule has 0 saturated carbocycles. The number of aliphatic hydroxyl groups is 2. The molecule has 0 amide bonds. The lowest BCUT2D eigenvalue weighted by Crippen LogP contribution is -2.67. The quantitative estimate of drug-likeness (QED) is 0.658. The van der Waals surface area contributed by atoms with Gasteiger partial charge < -0.3 is 10.2 Å². The Kier molecular flexibility index (Phi) is 7.52. The molecule has 2 heterocycles. The summed E-state index contributed by atoms with van der Waals surface area (Å²) >= 11 is 0. The number of hydrogen-bond donors (Lipinski definition) is 2. The van der Waals surface area contributed by atoms with E-state index in [2.05, 4.69) is 16.7 Å². The lowest BCUT2D eigenvalue weighted by Gasteiger charge is -2.57. The molecule has 4 atom stereocenters. The van der Waals surface area contributed by atoms with Crippen molar-refractivity contribution < 1.29 is 18.6 Å². The van der Waals surface area contributed by atoms with Gasteiger partial charge in [0.2, 0.25) is 10.0 Å². The Bertz CT molecular complexity index is 1090. The third-order valence-corrected chi connectivity index (χ3v) is 8.46. The van der Waals surface area contributed by atoms with E-state index in [4.69, 9.17) is 0 Å². The maximum absolute atomic E-state index is 13.3. The fourth-order valence-corrected chi connectivity index (χ4v) is 6.60. The van der Waals surface area contributed by atoms with Gasteiger partial charge in [0, 0.05) is 36.7 Å². The fourth-order valence-electron chi connectivity index (χ4n) is 5.01. The Balaban J connectivity index is 1.55. The Morgan fingerprint density at radius 3 is 2.42 bits per heavy atom. The molecule has 6 nitrogen and oxygen atoms in total. The van der Waals surface area contributed by atoms with Gasteiger partial charge in [-0.3, -0.25) is 4.90 Å². The van der Waals surface area contributed by atoms with Gasteiger partial charge in [0.05, 0.1) is 12.4 Å². The predicted molar refractivity (Wildman–Crippen MR) is 129 cm³/mol. The highest BCUT2D eigenvalue weighted by Gasteiger charge is 2.50. The molecule has 7 heteroatoms. The zero-order valence-electron chi connectivity index (χ0n) is 19.0. The van der Waals surface area contributed by atoms with E-state index in [0.29, 0.717) is 13.1 Å². The van der Waals surface area contributed by atoms with Gasteiger partial charge in [-0.15, -0.1) is 0 Å². The summed E-state index contributed by atoms with van der Waals surface area (Å²) in [5, 5.41) is 19.5. The average Bonchev–Trinajstić information content (AvgIpc) is 2.77. The zero-order chi connectivity index (χ0) is 23.4.